The number of halogens is 1. The van der Waals surface area contributed by atoms with Crippen LogP contribution in [-0.4, -0.2) is 23.1 Å². The molecule has 4 nitrogen and oxygen atoms in total. The molecule has 1 aliphatic rings. The van der Waals surface area contributed by atoms with Crippen molar-refractivity contribution in [3.05, 3.63) is 59.9 Å². The molecule has 0 bridgehead atoms. The number of thioether (sulfide) groups is 1. The van der Waals surface area contributed by atoms with Crippen LogP contribution in [0.15, 0.2) is 53.4 Å². The molecule has 0 saturated heterocycles. The number of anilines is 1. The third-order valence-corrected chi connectivity index (χ3v) is 5.51. The maximum absolute atomic E-state index is 12.9. The summed E-state index contributed by atoms with van der Waals surface area (Å²) in [5.41, 5.74) is 1.75. The molecule has 1 unspecified atom stereocenters. The fourth-order valence-electron chi connectivity index (χ4n) is 2.63. The lowest BCUT2D eigenvalue weighted by Crippen LogP contribution is -2.52. The number of amides is 2. The minimum absolute atomic E-state index is 0.259. The van der Waals surface area contributed by atoms with E-state index in [1.807, 2.05) is 24.3 Å². The molecule has 2 aromatic carbocycles. The number of rotatable bonds is 5. The number of fused-ring (bicyclic) bond motifs is 1. The van der Waals surface area contributed by atoms with Crippen molar-refractivity contribution >= 4 is 29.3 Å². The van der Waals surface area contributed by atoms with E-state index >= 15 is 0 Å². The van der Waals surface area contributed by atoms with Gasteiger partial charge in [-0.05, 0) is 49.6 Å². The van der Waals surface area contributed by atoms with Crippen LogP contribution in [0.5, 0.6) is 0 Å². The Morgan fingerprint density at radius 1 is 1.20 bits per heavy atom. The molecule has 3 rings (SSSR count). The molecule has 1 heterocycles. The maximum atomic E-state index is 12.9. The Labute approximate surface area is 150 Å². The molecule has 2 N–H and O–H groups in total. The third-order valence-electron chi connectivity index (χ3n) is 4.16. The van der Waals surface area contributed by atoms with E-state index in [1.165, 1.54) is 23.9 Å². The Morgan fingerprint density at radius 3 is 2.68 bits per heavy atom. The van der Waals surface area contributed by atoms with Crippen molar-refractivity contribution < 1.29 is 14.0 Å². The summed E-state index contributed by atoms with van der Waals surface area (Å²) in [6.07, 6.45) is 1.45. The highest BCUT2D eigenvalue weighted by Gasteiger charge is 2.45. The number of nitrogens with one attached hydrogen (secondary N) is 2. The van der Waals surface area contributed by atoms with Crippen LogP contribution in [0.3, 0.4) is 0 Å². The van der Waals surface area contributed by atoms with Crippen LogP contribution in [-0.2, 0) is 16.0 Å². The smallest absolute Gasteiger partial charge is 0.250 e. The Balaban J connectivity index is 1.55. The Hall–Kier alpha value is -2.34. The molecule has 6 heteroatoms. The van der Waals surface area contributed by atoms with Crippen LogP contribution in [0, 0.1) is 5.82 Å². The third kappa shape index (κ3) is 3.85. The fourth-order valence-corrected chi connectivity index (χ4v) is 3.75. The quantitative estimate of drug-likeness (QED) is 0.636. The van der Waals surface area contributed by atoms with Gasteiger partial charge < -0.3 is 10.6 Å². The zero-order chi connectivity index (χ0) is 17.9. The van der Waals surface area contributed by atoms with Gasteiger partial charge in [0.05, 0.1) is 5.69 Å². The van der Waals surface area contributed by atoms with Crippen molar-refractivity contribution in [2.45, 2.75) is 29.4 Å². The zero-order valence-corrected chi connectivity index (χ0v) is 14.7. The van der Waals surface area contributed by atoms with E-state index in [4.69, 9.17) is 0 Å². The van der Waals surface area contributed by atoms with Gasteiger partial charge in [0, 0.05) is 11.4 Å². The van der Waals surface area contributed by atoms with E-state index in [9.17, 15) is 14.0 Å². The summed E-state index contributed by atoms with van der Waals surface area (Å²) >= 11 is 1.27. The first kappa shape index (κ1) is 17.5. The Morgan fingerprint density at radius 2 is 1.92 bits per heavy atom. The molecule has 0 fully saturated rings. The Kier molecular flexibility index (Phi) is 5.08. The van der Waals surface area contributed by atoms with Gasteiger partial charge in [0.15, 0.2) is 4.75 Å². The first-order valence-electron chi connectivity index (χ1n) is 8.11. The van der Waals surface area contributed by atoms with Crippen molar-refractivity contribution in [3.63, 3.8) is 0 Å². The van der Waals surface area contributed by atoms with E-state index in [-0.39, 0.29) is 17.6 Å². The van der Waals surface area contributed by atoms with Gasteiger partial charge in [-0.1, -0.05) is 36.0 Å². The summed E-state index contributed by atoms with van der Waals surface area (Å²) in [7, 11) is 0. The van der Waals surface area contributed by atoms with Gasteiger partial charge in [-0.3, -0.25) is 9.59 Å². The molecule has 2 aromatic rings. The highest BCUT2D eigenvalue weighted by molar-refractivity contribution is 8.02. The molecule has 0 radical (unpaired) electrons. The molecular formula is C19H19FN2O2S. The van der Waals surface area contributed by atoms with Crippen LogP contribution in [0.25, 0.3) is 0 Å². The lowest BCUT2D eigenvalue weighted by molar-refractivity contribution is -0.129. The highest BCUT2D eigenvalue weighted by Crippen LogP contribution is 2.42. The van der Waals surface area contributed by atoms with Gasteiger partial charge in [0.2, 0.25) is 11.8 Å². The molecule has 0 spiro atoms. The zero-order valence-electron chi connectivity index (χ0n) is 13.8. The number of aryl methyl sites for hydroxylation is 1. The predicted molar refractivity (Wildman–Crippen MR) is 97.1 cm³/mol. The second-order valence-electron chi connectivity index (χ2n) is 6.07. The van der Waals surface area contributed by atoms with Gasteiger partial charge in [0.25, 0.3) is 0 Å². The lowest BCUT2D eigenvalue weighted by Gasteiger charge is -2.31. The van der Waals surface area contributed by atoms with Crippen LogP contribution in [0.4, 0.5) is 10.1 Å². The van der Waals surface area contributed by atoms with Gasteiger partial charge in [0.1, 0.15) is 5.82 Å². The van der Waals surface area contributed by atoms with Crippen LogP contribution in [0.2, 0.25) is 0 Å². The first-order valence-corrected chi connectivity index (χ1v) is 8.93. The average molecular weight is 358 g/mol. The summed E-state index contributed by atoms with van der Waals surface area (Å²) in [5.74, 6) is -0.874. The van der Waals surface area contributed by atoms with E-state index in [0.29, 0.717) is 6.54 Å². The monoisotopic (exact) mass is 358 g/mol. The van der Waals surface area contributed by atoms with E-state index in [2.05, 4.69) is 10.6 Å². The molecule has 2 amide bonds. The number of hydrogen-bond acceptors (Lipinski definition) is 3. The maximum Gasteiger partial charge on any atom is 0.250 e. The predicted octanol–water partition coefficient (Wildman–Crippen LogP) is 3.38. The summed E-state index contributed by atoms with van der Waals surface area (Å²) in [6, 6.07) is 13.8. The van der Waals surface area contributed by atoms with Crippen molar-refractivity contribution in [1.82, 2.24) is 5.32 Å². The topological polar surface area (TPSA) is 58.2 Å². The second kappa shape index (κ2) is 7.27. The first-order chi connectivity index (χ1) is 12.0. The fraction of sp³-hybridized carbons (Fsp3) is 0.263. The van der Waals surface area contributed by atoms with E-state index in [0.717, 1.165) is 29.0 Å². The largest absolute Gasteiger partial charge is 0.354 e. The van der Waals surface area contributed by atoms with E-state index < -0.39 is 4.75 Å². The molecule has 25 heavy (non-hydrogen) atoms. The number of hydrogen-bond donors (Lipinski definition) is 2. The van der Waals surface area contributed by atoms with Crippen molar-refractivity contribution in [1.29, 1.82) is 0 Å². The molecule has 1 atom stereocenters. The van der Waals surface area contributed by atoms with Crippen LogP contribution >= 0.6 is 11.8 Å². The average Bonchev–Trinajstić information content (AvgIpc) is 2.61. The van der Waals surface area contributed by atoms with Crippen molar-refractivity contribution in [3.8, 4) is 0 Å². The van der Waals surface area contributed by atoms with Gasteiger partial charge in [-0.2, -0.15) is 0 Å². The van der Waals surface area contributed by atoms with Crippen LogP contribution in [0.1, 0.15) is 18.9 Å². The highest BCUT2D eigenvalue weighted by atomic mass is 32.2. The second-order valence-corrected chi connectivity index (χ2v) is 7.53. The van der Waals surface area contributed by atoms with Crippen molar-refractivity contribution in [2.75, 3.05) is 11.9 Å². The van der Waals surface area contributed by atoms with Crippen LogP contribution < -0.4 is 10.6 Å². The molecule has 0 aliphatic carbocycles. The SMILES string of the molecule is CC1(C(=O)NCCCc2ccc(F)cc2)Sc2ccccc2NC1=O. The molecule has 1 aliphatic heterocycles. The standard InChI is InChI=1S/C19H19FN2O2S/c1-19(18(24)22-15-6-2-3-7-16(15)25-19)17(23)21-12-4-5-13-8-10-14(20)11-9-13/h2-3,6-11H,4-5,12H2,1H3,(H,21,23)(H,22,24). The molecular weight excluding hydrogens is 339 g/mol. The molecule has 0 aromatic heterocycles. The molecule has 130 valence electrons. The van der Waals surface area contributed by atoms with Gasteiger partial charge in [-0.25, -0.2) is 4.39 Å². The minimum Gasteiger partial charge on any atom is -0.354 e. The summed E-state index contributed by atoms with van der Waals surface area (Å²) < 4.78 is 11.7. The lowest BCUT2D eigenvalue weighted by atomic mass is 10.1. The van der Waals surface area contributed by atoms with Gasteiger partial charge >= 0.3 is 0 Å². The van der Waals surface area contributed by atoms with E-state index in [1.54, 1.807) is 19.1 Å². The normalized spacial score (nSPS) is 19.0. The minimum atomic E-state index is -1.19. The number of para-hydroxylation sites is 1. The summed E-state index contributed by atoms with van der Waals surface area (Å²) in [4.78, 5) is 25.8. The van der Waals surface area contributed by atoms with Gasteiger partial charge in [-0.15, -0.1) is 0 Å². The molecule has 0 saturated carbocycles. The number of carbonyl (C=O) groups is 2. The number of benzene rings is 2. The number of carbonyl (C=O) groups excluding carboxylic acids is 2. The Bertz CT molecular complexity index is 794. The van der Waals surface area contributed by atoms with Crippen molar-refractivity contribution in [2.24, 2.45) is 0 Å². The summed E-state index contributed by atoms with van der Waals surface area (Å²) in [5, 5.41) is 5.64. The summed E-state index contributed by atoms with van der Waals surface area (Å²) in [6.45, 7) is 2.10.